The summed E-state index contributed by atoms with van der Waals surface area (Å²) in [4.78, 5) is 46.2. The Morgan fingerprint density at radius 3 is 2.64 bits per heavy atom. The Balaban J connectivity index is 1.44. The lowest BCUT2D eigenvalue weighted by molar-refractivity contribution is -0.138. The van der Waals surface area contributed by atoms with Crippen LogP contribution in [0.2, 0.25) is 0 Å². The number of aromatic nitrogens is 2. The van der Waals surface area contributed by atoms with Crippen molar-refractivity contribution in [2.24, 2.45) is 23.7 Å². The number of aliphatic hydroxyl groups is 1. The molecule has 2 aliphatic heterocycles. The number of hydrogen-bond donors (Lipinski definition) is 2. The molecule has 4 aliphatic rings. The van der Waals surface area contributed by atoms with Crippen molar-refractivity contribution in [2.45, 2.75) is 44.3 Å². The van der Waals surface area contributed by atoms with Crippen LogP contribution in [0.1, 0.15) is 37.4 Å². The van der Waals surface area contributed by atoms with Gasteiger partial charge in [-0.15, -0.1) is 0 Å². The molecule has 0 spiro atoms. The van der Waals surface area contributed by atoms with Crippen LogP contribution in [0.3, 0.4) is 0 Å². The van der Waals surface area contributed by atoms with Crippen molar-refractivity contribution in [3.8, 4) is 11.1 Å². The van der Waals surface area contributed by atoms with Crippen molar-refractivity contribution in [1.29, 1.82) is 0 Å². The first-order chi connectivity index (χ1) is 16.1. The van der Waals surface area contributed by atoms with Crippen LogP contribution in [0.25, 0.3) is 11.1 Å². The van der Waals surface area contributed by atoms with Crippen molar-refractivity contribution >= 4 is 11.8 Å². The number of hydrogen-bond acceptors (Lipinski definition) is 5. The van der Waals surface area contributed by atoms with Gasteiger partial charge in [0.1, 0.15) is 0 Å². The second-order valence-corrected chi connectivity index (χ2v) is 9.92. The van der Waals surface area contributed by atoms with Gasteiger partial charge in [-0.3, -0.25) is 19.4 Å². The van der Waals surface area contributed by atoms with E-state index in [9.17, 15) is 19.5 Å². The van der Waals surface area contributed by atoms with E-state index in [0.29, 0.717) is 23.7 Å². The molecule has 2 aromatic heterocycles. The van der Waals surface area contributed by atoms with Crippen molar-refractivity contribution in [3.05, 3.63) is 52.7 Å². The van der Waals surface area contributed by atoms with E-state index in [1.54, 1.807) is 29.1 Å². The number of rotatable bonds is 6. The smallest absolute Gasteiger partial charge is 0.258 e. The highest BCUT2D eigenvalue weighted by atomic mass is 16.3. The Bertz CT molecular complexity index is 1150. The molecule has 4 heterocycles. The lowest BCUT2D eigenvalue weighted by Crippen LogP contribution is -2.49. The van der Waals surface area contributed by atoms with E-state index in [1.807, 2.05) is 17.0 Å². The van der Waals surface area contributed by atoms with Crippen LogP contribution in [0.4, 0.5) is 0 Å². The minimum atomic E-state index is -0.571. The van der Waals surface area contributed by atoms with Gasteiger partial charge in [-0.2, -0.15) is 0 Å². The number of nitrogens with one attached hydrogen (secondary N) is 1. The Labute approximate surface area is 191 Å². The Morgan fingerprint density at radius 2 is 1.97 bits per heavy atom. The molecule has 172 valence electrons. The fourth-order valence-electron chi connectivity index (χ4n) is 5.68. The standard InChI is InChI=1S/C25H28N4O4/c30-13-18-20-12-28-19(8-7-17(25(28)33)16-2-1-9-26-11-16)22(29(20)24(32)15-5-6-15)21(18)23(31)27-10-14-3-4-14/h1-2,7-9,11,14-15,18,20-22,30H,3-6,10,12-13H2,(H,27,31)/t18-,20-,21+,22+/m1/s1. The lowest BCUT2D eigenvalue weighted by atomic mass is 9.86. The summed E-state index contributed by atoms with van der Waals surface area (Å²) in [6, 6.07) is 6.38. The Morgan fingerprint density at radius 1 is 1.15 bits per heavy atom. The highest BCUT2D eigenvalue weighted by Gasteiger charge is 2.58. The summed E-state index contributed by atoms with van der Waals surface area (Å²) in [5.41, 5.74) is 1.81. The zero-order chi connectivity index (χ0) is 22.7. The fraction of sp³-hybridized carbons (Fsp3) is 0.520. The van der Waals surface area contributed by atoms with E-state index >= 15 is 0 Å². The van der Waals surface area contributed by atoms with Crippen LogP contribution >= 0.6 is 0 Å². The first-order valence-corrected chi connectivity index (χ1v) is 11.9. The largest absolute Gasteiger partial charge is 0.396 e. The molecule has 1 saturated heterocycles. The minimum absolute atomic E-state index is 0.00411. The number of pyridine rings is 2. The number of carbonyl (C=O) groups is 2. The van der Waals surface area contributed by atoms with Crippen LogP contribution in [0.15, 0.2) is 41.5 Å². The predicted molar refractivity (Wildman–Crippen MR) is 120 cm³/mol. The van der Waals surface area contributed by atoms with Gasteiger partial charge in [-0.05, 0) is 49.8 Å². The molecule has 8 nitrogen and oxygen atoms in total. The number of carbonyl (C=O) groups excluding carboxylic acids is 2. The van der Waals surface area contributed by atoms with Crippen LogP contribution in [0, 0.1) is 23.7 Å². The molecule has 4 atom stereocenters. The quantitative estimate of drug-likeness (QED) is 0.694. The molecule has 8 heteroatoms. The summed E-state index contributed by atoms with van der Waals surface area (Å²) in [6.45, 7) is 0.721. The predicted octanol–water partition coefficient (Wildman–Crippen LogP) is 1.34. The molecule has 0 unspecified atom stereocenters. The zero-order valence-electron chi connectivity index (χ0n) is 18.4. The topological polar surface area (TPSA) is 105 Å². The van der Waals surface area contributed by atoms with Gasteiger partial charge in [0.15, 0.2) is 0 Å². The van der Waals surface area contributed by atoms with Gasteiger partial charge >= 0.3 is 0 Å². The maximum atomic E-state index is 13.5. The molecular formula is C25H28N4O4. The zero-order valence-corrected chi connectivity index (χ0v) is 18.4. The van der Waals surface area contributed by atoms with E-state index in [2.05, 4.69) is 10.3 Å². The number of aliphatic hydroxyl groups excluding tert-OH is 1. The average molecular weight is 449 g/mol. The van der Waals surface area contributed by atoms with Gasteiger partial charge in [0.2, 0.25) is 11.8 Å². The van der Waals surface area contributed by atoms with E-state index in [-0.39, 0.29) is 42.5 Å². The van der Waals surface area contributed by atoms with Gasteiger partial charge < -0.3 is 19.9 Å². The summed E-state index contributed by atoms with van der Waals surface area (Å²) in [6.07, 6.45) is 7.31. The third kappa shape index (κ3) is 3.39. The number of nitrogens with zero attached hydrogens (tertiary/aromatic N) is 3. The summed E-state index contributed by atoms with van der Waals surface area (Å²) in [5, 5.41) is 13.4. The molecule has 2 aromatic rings. The molecule has 2 aliphatic carbocycles. The molecule has 3 fully saturated rings. The highest BCUT2D eigenvalue weighted by Crippen LogP contribution is 2.50. The van der Waals surface area contributed by atoms with E-state index in [4.69, 9.17) is 0 Å². The van der Waals surface area contributed by atoms with Gasteiger partial charge in [-0.1, -0.05) is 6.07 Å². The minimum Gasteiger partial charge on any atom is -0.396 e. The van der Waals surface area contributed by atoms with Gasteiger partial charge in [0, 0.05) is 60.7 Å². The Hall–Kier alpha value is -3.00. The molecular weight excluding hydrogens is 420 g/mol. The molecule has 0 aromatic carbocycles. The van der Waals surface area contributed by atoms with Gasteiger partial charge in [0.05, 0.1) is 18.0 Å². The third-order valence-electron chi connectivity index (χ3n) is 7.76. The van der Waals surface area contributed by atoms with Gasteiger partial charge in [-0.25, -0.2) is 0 Å². The Kier molecular flexibility index (Phi) is 4.87. The van der Waals surface area contributed by atoms with Crippen LogP contribution in [0.5, 0.6) is 0 Å². The highest BCUT2D eigenvalue weighted by molar-refractivity contribution is 5.86. The maximum absolute atomic E-state index is 13.5. The van der Waals surface area contributed by atoms with Crippen LogP contribution < -0.4 is 10.9 Å². The van der Waals surface area contributed by atoms with E-state index < -0.39 is 17.9 Å². The summed E-state index contributed by atoms with van der Waals surface area (Å²) < 4.78 is 1.71. The number of fused-ring (bicyclic) bond motifs is 4. The molecule has 2 saturated carbocycles. The van der Waals surface area contributed by atoms with Crippen molar-refractivity contribution in [1.82, 2.24) is 19.8 Å². The summed E-state index contributed by atoms with van der Waals surface area (Å²) in [5.74, 6) is -0.522. The van der Waals surface area contributed by atoms with E-state index in [0.717, 1.165) is 31.2 Å². The molecule has 2 bridgehead atoms. The van der Waals surface area contributed by atoms with Crippen LogP contribution in [-0.4, -0.2) is 50.6 Å². The molecule has 33 heavy (non-hydrogen) atoms. The first kappa shape index (κ1) is 20.6. The van der Waals surface area contributed by atoms with Crippen molar-refractivity contribution < 1.29 is 14.7 Å². The first-order valence-electron chi connectivity index (χ1n) is 11.9. The molecule has 2 N–H and O–H groups in total. The van der Waals surface area contributed by atoms with Crippen LogP contribution in [-0.2, 0) is 16.1 Å². The second kappa shape index (κ2) is 7.80. The maximum Gasteiger partial charge on any atom is 0.258 e. The summed E-state index contributed by atoms with van der Waals surface area (Å²) >= 11 is 0. The average Bonchev–Trinajstić information content (AvgIpc) is 3.75. The fourth-order valence-corrected chi connectivity index (χ4v) is 5.68. The van der Waals surface area contributed by atoms with Crippen molar-refractivity contribution in [2.75, 3.05) is 13.2 Å². The van der Waals surface area contributed by atoms with E-state index in [1.165, 1.54) is 0 Å². The van der Waals surface area contributed by atoms with Crippen molar-refractivity contribution in [3.63, 3.8) is 0 Å². The monoisotopic (exact) mass is 448 g/mol. The molecule has 0 radical (unpaired) electrons. The van der Waals surface area contributed by atoms with Gasteiger partial charge in [0.25, 0.3) is 5.56 Å². The number of amides is 2. The normalized spacial score (nSPS) is 27.8. The SMILES string of the molecule is O=C(NCC1CC1)[C@H]1[C@H](CO)[C@H]2Cn3c(ccc(-c4cccnc4)c3=O)[C@@H]1N2C(=O)C1CC1. The molecule has 6 rings (SSSR count). The third-order valence-corrected chi connectivity index (χ3v) is 7.76. The second-order valence-electron chi connectivity index (χ2n) is 9.92. The lowest BCUT2D eigenvalue weighted by Gasteiger charge is -2.38. The molecule has 2 amide bonds. The summed E-state index contributed by atoms with van der Waals surface area (Å²) in [7, 11) is 0.